The third kappa shape index (κ3) is 3.50. The van der Waals surface area contributed by atoms with Crippen LogP contribution in [0.1, 0.15) is 45.4 Å². The highest BCUT2D eigenvalue weighted by Crippen LogP contribution is 2.38. The summed E-state index contributed by atoms with van der Waals surface area (Å²) in [6.07, 6.45) is 6.58. The molecule has 3 fully saturated rings. The van der Waals surface area contributed by atoms with E-state index >= 15 is 0 Å². The van der Waals surface area contributed by atoms with Gasteiger partial charge in [-0.15, -0.1) is 0 Å². The molecule has 0 aromatic heterocycles. The number of hydrogen-bond acceptors (Lipinski definition) is 4. The Hall–Kier alpha value is -0.560. The number of nitrogens with zero attached hydrogens (tertiary/aromatic N) is 2. The van der Waals surface area contributed by atoms with Crippen LogP contribution in [0.15, 0.2) is 4.99 Å². The van der Waals surface area contributed by atoms with Crippen molar-refractivity contribution < 1.29 is 13.2 Å². The minimum atomic E-state index is -2.92. The summed E-state index contributed by atoms with van der Waals surface area (Å²) in [5, 5.41) is 0.787. The maximum Gasteiger partial charge on any atom is 0.248 e. The second-order valence-electron chi connectivity index (χ2n) is 6.56. The van der Waals surface area contributed by atoms with Gasteiger partial charge in [0.25, 0.3) is 0 Å². The van der Waals surface area contributed by atoms with Crippen LogP contribution in [-0.4, -0.2) is 53.7 Å². The molecule has 1 saturated carbocycles. The molecular weight excluding hydrogens is 320 g/mol. The van der Waals surface area contributed by atoms with Gasteiger partial charge in [0.2, 0.25) is 5.91 Å². The van der Waals surface area contributed by atoms with Crippen LogP contribution in [0.25, 0.3) is 0 Å². The molecule has 0 N–H and O–H groups in total. The third-order valence-corrected chi connectivity index (χ3v) is 8.22. The van der Waals surface area contributed by atoms with Gasteiger partial charge in [-0.25, -0.2) is 8.42 Å². The Kier molecular flexibility index (Phi) is 4.83. The molecule has 2 aliphatic heterocycles. The fourth-order valence-electron chi connectivity index (χ4n) is 3.79. The van der Waals surface area contributed by atoms with E-state index in [1.54, 1.807) is 0 Å². The number of fused-ring (bicyclic) bond motifs is 1. The van der Waals surface area contributed by atoms with Gasteiger partial charge in [-0.2, -0.15) is 4.99 Å². The number of rotatable bonds is 4. The smallest absolute Gasteiger partial charge is 0.248 e. The molecule has 0 aromatic rings. The molecule has 7 heteroatoms. The van der Waals surface area contributed by atoms with E-state index in [4.69, 9.17) is 0 Å². The maximum atomic E-state index is 12.1. The lowest BCUT2D eigenvalue weighted by Gasteiger charge is -2.22. The molecule has 0 spiro atoms. The summed E-state index contributed by atoms with van der Waals surface area (Å²) in [6.45, 7) is 2.70. The highest BCUT2D eigenvalue weighted by Gasteiger charge is 2.48. The Morgan fingerprint density at radius 2 is 2.05 bits per heavy atom. The van der Waals surface area contributed by atoms with Crippen molar-refractivity contribution >= 4 is 32.7 Å². The Balaban J connectivity index is 1.60. The Labute approximate surface area is 136 Å². The first kappa shape index (κ1) is 16.3. The molecular formula is C15H24N2O3S2. The van der Waals surface area contributed by atoms with Crippen molar-refractivity contribution in [1.82, 2.24) is 4.90 Å². The molecule has 2 saturated heterocycles. The first-order chi connectivity index (χ1) is 10.5. The first-order valence-corrected chi connectivity index (χ1v) is 10.9. The van der Waals surface area contributed by atoms with Crippen molar-refractivity contribution in [3.63, 3.8) is 0 Å². The molecule has 0 aromatic carbocycles. The SMILES string of the molecule is CCN1C(=NC(=O)CCC2CCCC2)S[C@@H]2CS(=O)(=O)C[C@H]21. The van der Waals surface area contributed by atoms with Gasteiger partial charge in [0.1, 0.15) is 0 Å². The van der Waals surface area contributed by atoms with Gasteiger partial charge < -0.3 is 4.90 Å². The highest BCUT2D eigenvalue weighted by molar-refractivity contribution is 8.15. The average Bonchev–Trinajstić information content (AvgIpc) is 3.11. The molecule has 124 valence electrons. The van der Waals surface area contributed by atoms with Crippen LogP contribution in [0.5, 0.6) is 0 Å². The predicted octanol–water partition coefficient (Wildman–Crippen LogP) is 2.07. The summed E-state index contributed by atoms with van der Waals surface area (Å²) >= 11 is 1.48. The lowest BCUT2D eigenvalue weighted by atomic mass is 10.0. The van der Waals surface area contributed by atoms with Crippen LogP contribution < -0.4 is 0 Å². The van der Waals surface area contributed by atoms with Crippen LogP contribution in [0.3, 0.4) is 0 Å². The van der Waals surface area contributed by atoms with Crippen LogP contribution in [0, 0.1) is 5.92 Å². The van der Waals surface area contributed by atoms with E-state index in [9.17, 15) is 13.2 Å². The van der Waals surface area contributed by atoms with E-state index in [0.717, 1.165) is 11.6 Å². The molecule has 1 amide bonds. The molecule has 1 aliphatic carbocycles. The average molecular weight is 345 g/mol. The Morgan fingerprint density at radius 1 is 1.32 bits per heavy atom. The summed E-state index contributed by atoms with van der Waals surface area (Å²) in [5.41, 5.74) is 0. The van der Waals surface area contributed by atoms with Crippen LogP contribution >= 0.6 is 11.8 Å². The predicted molar refractivity (Wildman–Crippen MR) is 89.8 cm³/mol. The molecule has 0 bridgehead atoms. The standard InChI is InChI=1S/C15H24N2O3S2/c1-2-17-12-9-22(19,20)10-13(12)21-15(17)16-14(18)8-7-11-5-3-4-6-11/h11-13H,2-10H2,1H3/t12-,13-/m1/s1. The molecule has 0 radical (unpaired) electrons. The summed E-state index contributed by atoms with van der Waals surface area (Å²) in [7, 11) is -2.92. The summed E-state index contributed by atoms with van der Waals surface area (Å²) < 4.78 is 23.5. The number of carbonyl (C=O) groups excluding carboxylic acids is 1. The number of carbonyl (C=O) groups is 1. The van der Waals surface area contributed by atoms with Gasteiger partial charge in [0.15, 0.2) is 15.0 Å². The van der Waals surface area contributed by atoms with Crippen molar-refractivity contribution in [3.8, 4) is 0 Å². The normalized spacial score (nSPS) is 32.8. The highest BCUT2D eigenvalue weighted by atomic mass is 32.2. The summed E-state index contributed by atoms with van der Waals surface area (Å²) in [4.78, 5) is 18.4. The quantitative estimate of drug-likeness (QED) is 0.781. The van der Waals surface area contributed by atoms with E-state index in [1.165, 1.54) is 37.4 Å². The number of amides is 1. The molecule has 3 rings (SSSR count). The van der Waals surface area contributed by atoms with E-state index in [1.807, 2.05) is 11.8 Å². The number of amidine groups is 1. The van der Waals surface area contributed by atoms with Crippen molar-refractivity contribution in [2.75, 3.05) is 18.1 Å². The Bertz CT molecular complexity index is 567. The van der Waals surface area contributed by atoms with Gasteiger partial charge in [0.05, 0.1) is 17.5 Å². The van der Waals surface area contributed by atoms with Crippen LogP contribution in [0.2, 0.25) is 0 Å². The van der Waals surface area contributed by atoms with Crippen LogP contribution in [0.4, 0.5) is 0 Å². The van der Waals surface area contributed by atoms with E-state index in [2.05, 4.69) is 4.99 Å². The summed E-state index contributed by atoms with van der Waals surface area (Å²) in [6, 6.07) is 0.00128. The fraction of sp³-hybridized carbons (Fsp3) is 0.867. The number of sulfone groups is 1. The molecule has 22 heavy (non-hydrogen) atoms. The molecule has 2 heterocycles. The van der Waals surface area contributed by atoms with Gasteiger partial charge in [-0.05, 0) is 19.3 Å². The van der Waals surface area contributed by atoms with Crippen molar-refractivity contribution in [1.29, 1.82) is 0 Å². The molecule has 0 unspecified atom stereocenters. The third-order valence-electron chi connectivity index (χ3n) is 4.98. The zero-order chi connectivity index (χ0) is 15.7. The van der Waals surface area contributed by atoms with E-state index < -0.39 is 9.84 Å². The molecule has 2 atom stereocenters. The van der Waals surface area contributed by atoms with E-state index in [0.29, 0.717) is 18.9 Å². The molecule has 3 aliphatic rings. The van der Waals surface area contributed by atoms with Gasteiger partial charge >= 0.3 is 0 Å². The zero-order valence-electron chi connectivity index (χ0n) is 13.0. The van der Waals surface area contributed by atoms with Crippen molar-refractivity contribution in [2.24, 2.45) is 10.9 Å². The topological polar surface area (TPSA) is 66.8 Å². The zero-order valence-corrected chi connectivity index (χ0v) is 14.7. The minimum Gasteiger partial charge on any atom is -0.346 e. The second-order valence-corrected chi connectivity index (χ2v) is 9.92. The number of hydrogen-bond donors (Lipinski definition) is 0. The van der Waals surface area contributed by atoms with E-state index in [-0.39, 0.29) is 28.7 Å². The van der Waals surface area contributed by atoms with Crippen molar-refractivity contribution in [3.05, 3.63) is 0 Å². The number of aliphatic imine (C=N–C) groups is 1. The Morgan fingerprint density at radius 3 is 2.73 bits per heavy atom. The second kappa shape index (κ2) is 6.51. The minimum absolute atomic E-state index is 0.00128. The first-order valence-electron chi connectivity index (χ1n) is 8.24. The van der Waals surface area contributed by atoms with Gasteiger partial charge in [0, 0.05) is 18.2 Å². The lowest BCUT2D eigenvalue weighted by molar-refractivity contribution is -0.118. The maximum absolute atomic E-state index is 12.1. The van der Waals surface area contributed by atoms with Gasteiger partial charge in [-0.3, -0.25) is 4.79 Å². The van der Waals surface area contributed by atoms with Crippen molar-refractivity contribution in [2.45, 2.75) is 56.7 Å². The van der Waals surface area contributed by atoms with Crippen LogP contribution in [-0.2, 0) is 14.6 Å². The molecule has 5 nitrogen and oxygen atoms in total. The largest absolute Gasteiger partial charge is 0.346 e. The lowest BCUT2D eigenvalue weighted by Crippen LogP contribution is -2.37. The van der Waals surface area contributed by atoms with Gasteiger partial charge in [-0.1, -0.05) is 37.4 Å². The number of thioether (sulfide) groups is 1. The monoisotopic (exact) mass is 344 g/mol. The fourth-order valence-corrected chi connectivity index (χ4v) is 7.83. The summed E-state index contributed by atoms with van der Waals surface area (Å²) in [5.74, 6) is 1.07.